The van der Waals surface area contributed by atoms with Gasteiger partial charge in [0, 0.05) is 44.8 Å². The molecule has 4 rings (SSSR count). The SMILES string of the molecule is C[C@@H]1Cc2ccccc2CN1c1cc(N2CCN(C)CC2)nc(N)n1. The third-order valence-electron chi connectivity index (χ3n) is 5.34. The van der Waals surface area contributed by atoms with Crippen LogP contribution in [0, 0.1) is 0 Å². The van der Waals surface area contributed by atoms with Crippen LogP contribution in [0.25, 0.3) is 0 Å². The topological polar surface area (TPSA) is 61.5 Å². The third kappa shape index (κ3) is 3.26. The number of nitrogens with zero attached hydrogens (tertiary/aromatic N) is 5. The number of rotatable bonds is 2. The van der Waals surface area contributed by atoms with E-state index in [1.807, 2.05) is 0 Å². The molecule has 0 unspecified atom stereocenters. The highest BCUT2D eigenvalue weighted by Crippen LogP contribution is 2.29. The summed E-state index contributed by atoms with van der Waals surface area (Å²) in [6.45, 7) is 7.18. The van der Waals surface area contributed by atoms with Crippen molar-refractivity contribution in [2.75, 3.05) is 48.8 Å². The minimum absolute atomic E-state index is 0.359. The maximum atomic E-state index is 6.05. The number of anilines is 3. The summed E-state index contributed by atoms with van der Waals surface area (Å²) in [6.07, 6.45) is 1.03. The van der Waals surface area contributed by atoms with Gasteiger partial charge < -0.3 is 20.4 Å². The Morgan fingerprint density at radius 1 is 1.00 bits per heavy atom. The van der Waals surface area contributed by atoms with Crippen molar-refractivity contribution in [2.45, 2.75) is 25.9 Å². The molecule has 25 heavy (non-hydrogen) atoms. The minimum atomic E-state index is 0.359. The highest BCUT2D eigenvalue weighted by Gasteiger charge is 2.25. The molecule has 1 fully saturated rings. The first-order valence-electron chi connectivity index (χ1n) is 9.01. The van der Waals surface area contributed by atoms with Crippen LogP contribution in [0.4, 0.5) is 17.6 Å². The highest BCUT2D eigenvalue weighted by atomic mass is 15.3. The molecule has 0 radical (unpaired) electrons. The molecule has 2 N–H and O–H groups in total. The maximum absolute atomic E-state index is 6.05. The lowest BCUT2D eigenvalue weighted by atomic mass is 9.95. The molecular formula is C19H26N6. The second kappa shape index (κ2) is 6.52. The molecule has 132 valence electrons. The first kappa shape index (κ1) is 16.1. The van der Waals surface area contributed by atoms with E-state index >= 15 is 0 Å². The second-order valence-corrected chi connectivity index (χ2v) is 7.18. The van der Waals surface area contributed by atoms with E-state index in [9.17, 15) is 0 Å². The zero-order valence-electron chi connectivity index (χ0n) is 15.0. The molecular weight excluding hydrogens is 312 g/mol. The van der Waals surface area contributed by atoms with Gasteiger partial charge in [0.25, 0.3) is 0 Å². The van der Waals surface area contributed by atoms with E-state index < -0.39 is 0 Å². The summed E-state index contributed by atoms with van der Waals surface area (Å²) in [5.41, 5.74) is 8.87. The molecule has 1 saturated heterocycles. The number of nitrogen functional groups attached to an aromatic ring is 1. The zero-order chi connectivity index (χ0) is 17.4. The van der Waals surface area contributed by atoms with E-state index in [1.165, 1.54) is 11.1 Å². The van der Waals surface area contributed by atoms with Crippen molar-refractivity contribution in [2.24, 2.45) is 0 Å². The van der Waals surface area contributed by atoms with Gasteiger partial charge in [-0.15, -0.1) is 0 Å². The Kier molecular flexibility index (Phi) is 4.21. The molecule has 0 bridgehead atoms. The summed E-state index contributed by atoms with van der Waals surface area (Å²) in [4.78, 5) is 16.0. The molecule has 1 atom stereocenters. The molecule has 6 heteroatoms. The van der Waals surface area contributed by atoms with Crippen molar-refractivity contribution in [1.82, 2.24) is 14.9 Å². The summed E-state index contributed by atoms with van der Waals surface area (Å²) in [7, 11) is 2.16. The number of aromatic nitrogens is 2. The average molecular weight is 338 g/mol. The maximum Gasteiger partial charge on any atom is 0.223 e. The predicted octanol–water partition coefficient (Wildman–Crippen LogP) is 1.76. The number of benzene rings is 1. The van der Waals surface area contributed by atoms with Crippen LogP contribution in [-0.2, 0) is 13.0 Å². The lowest BCUT2D eigenvalue weighted by molar-refractivity contribution is 0.312. The van der Waals surface area contributed by atoms with Crippen molar-refractivity contribution in [3.05, 3.63) is 41.5 Å². The predicted molar refractivity (Wildman–Crippen MR) is 102 cm³/mol. The number of hydrogen-bond donors (Lipinski definition) is 1. The summed E-state index contributed by atoms with van der Waals surface area (Å²) in [5.74, 6) is 2.24. The minimum Gasteiger partial charge on any atom is -0.368 e. The molecule has 2 aliphatic rings. The van der Waals surface area contributed by atoms with Gasteiger partial charge in [-0.05, 0) is 31.5 Å². The summed E-state index contributed by atoms with van der Waals surface area (Å²) >= 11 is 0. The average Bonchev–Trinajstić information content (AvgIpc) is 2.61. The number of fused-ring (bicyclic) bond motifs is 1. The van der Waals surface area contributed by atoms with Gasteiger partial charge in [0.05, 0.1) is 0 Å². The van der Waals surface area contributed by atoms with Crippen LogP contribution < -0.4 is 15.5 Å². The lowest BCUT2D eigenvalue weighted by Crippen LogP contribution is -2.45. The van der Waals surface area contributed by atoms with Crippen LogP contribution in [0.2, 0.25) is 0 Å². The van der Waals surface area contributed by atoms with E-state index in [0.29, 0.717) is 12.0 Å². The van der Waals surface area contributed by atoms with E-state index in [4.69, 9.17) is 5.73 Å². The fraction of sp³-hybridized carbons (Fsp3) is 0.474. The quantitative estimate of drug-likeness (QED) is 0.900. The van der Waals surface area contributed by atoms with Crippen LogP contribution >= 0.6 is 0 Å². The number of hydrogen-bond acceptors (Lipinski definition) is 6. The Bertz CT molecular complexity index is 753. The van der Waals surface area contributed by atoms with Crippen molar-refractivity contribution in [3.8, 4) is 0 Å². The Morgan fingerprint density at radius 3 is 2.44 bits per heavy atom. The standard InChI is InChI=1S/C19H26N6/c1-14-11-15-5-3-4-6-16(15)13-25(14)18-12-17(21-19(20)22-18)24-9-7-23(2)8-10-24/h3-6,12,14H,7-11,13H2,1-2H3,(H2,20,21,22)/t14-/m1/s1. The molecule has 6 nitrogen and oxygen atoms in total. The van der Waals surface area contributed by atoms with E-state index in [2.05, 4.69) is 69.0 Å². The highest BCUT2D eigenvalue weighted by molar-refractivity contribution is 5.56. The Hall–Kier alpha value is -2.34. The molecule has 0 amide bonds. The Morgan fingerprint density at radius 2 is 1.68 bits per heavy atom. The van der Waals surface area contributed by atoms with E-state index in [1.54, 1.807) is 0 Å². The number of likely N-dealkylation sites (N-methyl/N-ethyl adjacent to an activating group) is 1. The van der Waals surface area contributed by atoms with E-state index in [0.717, 1.165) is 50.8 Å². The summed E-state index contributed by atoms with van der Waals surface area (Å²) < 4.78 is 0. The van der Waals surface area contributed by atoms with Gasteiger partial charge in [0.2, 0.25) is 5.95 Å². The van der Waals surface area contributed by atoms with Gasteiger partial charge >= 0.3 is 0 Å². The molecule has 1 aromatic carbocycles. The van der Waals surface area contributed by atoms with Crippen molar-refractivity contribution >= 4 is 17.6 Å². The van der Waals surface area contributed by atoms with Gasteiger partial charge in [-0.1, -0.05) is 24.3 Å². The van der Waals surface area contributed by atoms with Crippen molar-refractivity contribution < 1.29 is 0 Å². The smallest absolute Gasteiger partial charge is 0.223 e. The summed E-state index contributed by atoms with van der Waals surface area (Å²) in [5, 5.41) is 0. The first-order chi connectivity index (χ1) is 12.1. The molecule has 0 aliphatic carbocycles. The molecule has 2 aromatic rings. The fourth-order valence-electron chi connectivity index (χ4n) is 3.77. The van der Waals surface area contributed by atoms with Crippen LogP contribution in [-0.4, -0.2) is 54.1 Å². The van der Waals surface area contributed by atoms with Crippen molar-refractivity contribution in [3.63, 3.8) is 0 Å². The van der Waals surface area contributed by atoms with Crippen LogP contribution in [0.15, 0.2) is 30.3 Å². The summed E-state index contributed by atoms with van der Waals surface area (Å²) in [6, 6.07) is 11.2. The fourth-order valence-corrected chi connectivity index (χ4v) is 3.77. The first-order valence-corrected chi connectivity index (χ1v) is 9.01. The van der Waals surface area contributed by atoms with Crippen LogP contribution in [0.1, 0.15) is 18.1 Å². The van der Waals surface area contributed by atoms with Gasteiger partial charge in [0.1, 0.15) is 11.6 Å². The van der Waals surface area contributed by atoms with E-state index in [-0.39, 0.29) is 0 Å². The van der Waals surface area contributed by atoms with Crippen molar-refractivity contribution in [1.29, 1.82) is 0 Å². The molecule has 3 heterocycles. The Labute approximate surface area is 149 Å². The normalized spacial score (nSPS) is 21.3. The zero-order valence-corrected chi connectivity index (χ0v) is 15.0. The molecule has 0 spiro atoms. The third-order valence-corrected chi connectivity index (χ3v) is 5.34. The number of nitrogens with two attached hydrogens (primary N) is 1. The van der Waals surface area contributed by atoms with Crippen LogP contribution in [0.3, 0.4) is 0 Å². The second-order valence-electron chi connectivity index (χ2n) is 7.18. The van der Waals surface area contributed by atoms with Gasteiger partial charge in [-0.25, -0.2) is 0 Å². The van der Waals surface area contributed by atoms with Gasteiger partial charge in [-0.3, -0.25) is 0 Å². The van der Waals surface area contributed by atoms with Crippen LogP contribution in [0.5, 0.6) is 0 Å². The Balaban J connectivity index is 1.62. The molecule has 0 saturated carbocycles. The van der Waals surface area contributed by atoms with Gasteiger partial charge in [0.15, 0.2) is 0 Å². The number of piperazine rings is 1. The lowest BCUT2D eigenvalue weighted by Gasteiger charge is -2.37. The molecule has 2 aliphatic heterocycles. The van der Waals surface area contributed by atoms with Gasteiger partial charge in [-0.2, -0.15) is 9.97 Å². The molecule has 1 aromatic heterocycles. The monoisotopic (exact) mass is 338 g/mol. The largest absolute Gasteiger partial charge is 0.368 e.